The maximum Gasteiger partial charge on any atom is 0.416 e. The van der Waals surface area contributed by atoms with Gasteiger partial charge in [-0.2, -0.15) is 23.5 Å². The van der Waals surface area contributed by atoms with Crippen LogP contribution in [0.3, 0.4) is 0 Å². The zero-order valence-electron chi connectivity index (χ0n) is 33.0. The number of carbonyl (C=O) groups is 5. The second-order valence-corrected chi connectivity index (χ2v) is 14.1. The molecule has 1 aromatic carbocycles. The molecule has 60 heavy (non-hydrogen) atoms. The quantitative estimate of drug-likeness (QED) is 0.141. The molecule has 4 heterocycles. The van der Waals surface area contributed by atoms with Crippen molar-refractivity contribution in [2.45, 2.75) is 95.8 Å². The highest BCUT2D eigenvalue weighted by atomic mass is 19.4. The van der Waals surface area contributed by atoms with Crippen LogP contribution in [0.4, 0.5) is 23.7 Å². The number of aromatic nitrogens is 5. The fourth-order valence-corrected chi connectivity index (χ4v) is 7.51. The maximum atomic E-state index is 14.3. The highest BCUT2D eigenvalue weighted by Crippen LogP contribution is 2.40. The first-order valence-corrected chi connectivity index (χ1v) is 18.7. The molecular weight excluding hydrogens is 799 g/mol. The van der Waals surface area contributed by atoms with Gasteiger partial charge in [-0.1, -0.05) is 12.8 Å². The van der Waals surface area contributed by atoms with Crippen molar-refractivity contribution < 1.29 is 65.6 Å². The number of carbonyl (C=O) groups excluding carboxylic acids is 5. The standard InChI is InChI=1S/C39H40F3N7O11/c1-20(50)56-31-32(57-21(2)51)34(58-22(3)52)37(60-33(31)36(53)55-5)59-29-11-10-25(39(40,41)42)16-28(29)47(4)38(54)48-15-13-26-30(44-19-45-35(26)48)24-17-46-49(18-24)27(12-14-43)23-8-6-7-9-23/h10-11,13,15-19,23,27,31-34,37H,6-9,12H2,1-5H3/t27?,31-,32-,33-,34+,37+/m0/s1. The van der Waals surface area contributed by atoms with Gasteiger partial charge in [-0.25, -0.2) is 19.6 Å². The molecule has 4 aromatic rings. The van der Waals surface area contributed by atoms with Crippen LogP contribution < -0.4 is 9.64 Å². The van der Waals surface area contributed by atoms with Crippen LogP contribution in [-0.2, 0) is 49.0 Å². The molecular formula is C39H40F3N7O11. The average molecular weight is 840 g/mol. The molecule has 1 saturated carbocycles. The van der Waals surface area contributed by atoms with Crippen molar-refractivity contribution in [2.24, 2.45) is 5.92 Å². The van der Waals surface area contributed by atoms with Crippen molar-refractivity contribution in [1.82, 2.24) is 24.3 Å². The number of hydrogen-bond acceptors (Lipinski definition) is 15. The molecule has 2 fully saturated rings. The molecule has 0 N–H and O–H groups in total. The molecule has 1 aliphatic heterocycles. The predicted molar refractivity (Wildman–Crippen MR) is 199 cm³/mol. The predicted octanol–water partition coefficient (Wildman–Crippen LogP) is 5.13. The molecule has 1 amide bonds. The minimum atomic E-state index is -4.90. The number of esters is 4. The van der Waals surface area contributed by atoms with Gasteiger partial charge in [0.15, 0.2) is 24.0 Å². The summed E-state index contributed by atoms with van der Waals surface area (Å²) in [4.78, 5) is 73.5. The van der Waals surface area contributed by atoms with Gasteiger partial charge in [0.25, 0.3) is 0 Å². The lowest BCUT2D eigenvalue weighted by atomic mass is 9.96. The first kappa shape index (κ1) is 43.0. The van der Waals surface area contributed by atoms with Gasteiger partial charge in [0.05, 0.1) is 48.8 Å². The van der Waals surface area contributed by atoms with Gasteiger partial charge in [-0.05, 0) is 43.0 Å². The summed E-state index contributed by atoms with van der Waals surface area (Å²) in [5.74, 6) is -4.19. The molecule has 2 aliphatic rings. The average Bonchev–Trinajstić information content (AvgIpc) is 4.00. The van der Waals surface area contributed by atoms with Crippen molar-refractivity contribution in [3.63, 3.8) is 0 Å². The van der Waals surface area contributed by atoms with E-state index in [9.17, 15) is 42.4 Å². The van der Waals surface area contributed by atoms with Gasteiger partial charge in [0, 0.05) is 51.2 Å². The Kier molecular flexibility index (Phi) is 12.7. The van der Waals surface area contributed by atoms with Crippen LogP contribution in [0.2, 0.25) is 0 Å². The summed E-state index contributed by atoms with van der Waals surface area (Å²) in [6.45, 7) is 2.96. The SMILES string of the molecule is COC(=O)[C@H]1O[C@@H](Oc2ccc(C(F)(F)F)cc2N(C)C(=O)n2ccc3c(-c4cnn(C(CC#N)C5CCCC5)c4)ncnc32)[C@H](OC(C)=O)[C@@H](OC(C)=O)[C@@H]1OC(C)=O. The molecule has 1 saturated heterocycles. The van der Waals surface area contributed by atoms with Gasteiger partial charge in [-0.3, -0.25) is 28.5 Å². The van der Waals surface area contributed by atoms with Crippen LogP contribution >= 0.6 is 0 Å². The first-order valence-electron chi connectivity index (χ1n) is 18.7. The van der Waals surface area contributed by atoms with Crippen LogP contribution in [0.25, 0.3) is 22.3 Å². The van der Waals surface area contributed by atoms with E-state index in [0.717, 1.165) is 69.1 Å². The van der Waals surface area contributed by atoms with Crippen molar-refractivity contribution >= 4 is 46.6 Å². The van der Waals surface area contributed by atoms with Crippen molar-refractivity contribution in [2.75, 3.05) is 19.1 Å². The molecule has 1 unspecified atom stereocenters. The van der Waals surface area contributed by atoms with Gasteiger partial charge < -0.3 is 28.4 Å². The van der Waals surface area contributed by atoms with E-state index in [1.54, 1.807) is 23.1 Å². The molecule has 0 spiro atoms. The Bertz CT molecular complexity index is 2320. The van der Waals surface area contributed by atoms with Gasteiger partial charge in [0.1, 0.15) is 12.1 Å². The number of fused-ring (bicyclic) bond motifs is 1. The van der Waals surface area contributed by atoms with Crippen molar-refractivity contribution in [1.29, 1.82) is 5.26 Å². The number of alkyl halides is 3. The number of ether oxygens (including phenoxy) is 6. The summed E-state index contributed by atoms with van der Waals surface area (Å²) in [7, 11) is 2.15. The third-order valence-electron chi connectivity index (χ3n) is 10.2. The van der Waals surface area contributed by atoms with E-state index in [1.807, 2.05) is 0 Å². The fourth-order valence-electron chi connectivity index (χ4n) is 7.51. The van der Waals surface area contributed by atoms with E-state index in [-0.39, 0.29) is 18.1 Å². The Balaban J connectivity index is 1.37. The lowest BCUT2D eigenvalue weighted by Gasteiger charge is -2.43. The Morgan fingerprint density at radius 1 is 0.983 bits per heavy atom. The van der Waals surface area contributed by atoms with Gasteiger partial charge in [0.2, 0.25) is 12.4 Å². The lowest BCUT2D eigenvalue weighted by molar-refractivity contribution is -0.282. The Morgan fingerprint density at radius 2 is 1.65 bits per heavy atom. The molecule has 0 bridgehead atoms. The van der Waals surface area contributed by atoms with E-state index in [1.165, 1.54) is 19.6 Å². The number of halogens is 3. The third kappa shape index (κ3) is 9.02. The molecule has 0 radical (unpaired) electrons. The summed E-state index contributed by atoms with van der Waals surface area (Å²) in [6, 6.07) is 4.92. The number of anilines is 1. The highest BCUT2D eigenvalue weighted by Gasteiger charge is 2.56. The van der Waals surface area contributed by atoms with Crippen molar-refractivity contribution in [3.8, 4) is 23.1 Å². The molecule has 3 aromatic heterocycles. The highest BCUT2D eigenvalue weighted by molar-refractivity contribution is 6.02. The Morgan fingerprint density at radius 3 is 2.28 bits per heavy atom. The Hall–Kier alpha value is -6.56. The smallest absolute Gasteiger partial charge is 0.416 e. The number of hydrogen-bond donors (Lipinski definition) is 0. The van der Waals surface area contributed by atoms with Crippen LogP contribution in [-0.4, -0.2) is 99.1 Å². The van der Waals surface area contributed by atoms with E-state index >= 15 is 0 Å². The zero-order chi connectivity index (χ0) is 43.5. The molecule has 6 rings (SSSR count). The van der Waals surface area contributed by atoms with Crippen LogP contribution in [0.15, 0.2) is 49.2 Å². The number of amides is 1. The topological polar surface area (TPSA) is 216 Å². The fraction of sp³-hybridized carbons (Fsp3) is 0.462. The van der Waals surface area contributed by atoms with Crippen LogP contribution in [0.1, 0.15) is 64.5 Å². The van der Waals surface area contributed by atoms with E-state index in [4.69, 9.17) is 28.4 Å². The Labute approximate surface area is 340 Å². The number of rotatable bonds is 11. The van der Waals surface area contributed by atoms with E-state index in [2.05, 4.69) is 21.1 Å². The van der Waals surface area contributed by atoms with Gasteiger partial charge in [-0.15, -0.1) is 0 Å². The third-order valence-corrected chi connectivity index (χ3v) is 10.2. The van der Waals surface area contributed by atoms with E-state index < -0.39 is 83.8 Å². The summed E-state index contributed by atoms with van der Waals surface area (Å²) < 4.78 is 78.0. The normalized spacial score (nSPS) is 21.1. The number of nitrogens with zero attached hydrogens (tertiary/aromatic N) is 7. The monoisotopic (exact) mass is 839 g/mol. The minimum Gasteiger partial charge on any atom is -0.467 e. The second kappa shape index (κ2) is 17.7. The number of nitriles is 1. The molecule has 21 heteroatoms. The van der Waals surface area contributed by atoms with Crippen molar-refractivity contribution in [3.05, 3.63) is 54.7 Å². The summed E-state index contributed by atoms with van der Waals surface area (Å²) in [5.41, 5.74) is -0.578. The second-order valence-electron chi connectivity index (χ2n) is 14.1. The summed E-state index contributed by atoms with van der Waals surface area (Å²) >= 11 is 0. The first-order chi connectivity index (χ1) is 28.5. The van der Waals surface area contributed by atoms with Crippen LogP contribution in [0, 0.1) is 17.2 Å². The number of methoxy groups -OCH3 is 1. The zero-order valence-corrected chi connectivity index (χ0v) is 33.0. The molecule has 6 atom stereocenters. The van der Waals surface area contributed by atoms with Crippen LogP contribution in [0.5, 0.6) is 5.75 Å². The number of benzene rings is 1. The minimum absolute atomic E-state index is 0.0932. The molecule has 18 nitrogen and oxygen atoms in total. The summed E-state index contributed by atoms with van der Waals surface area (Å²) in [6.07, 6.45) is -3.68. The van der Waals surface area contributed by atoms with E-state index in [0.29, 0.717) is 34.7 Å². The largest absolute Gasteiger partial charge is 0.467 e. The lowest BCUT2D eigenvalue weighted by Crippen LogP contribution is -2.64. The van der Waals surface area contributed by atoms with Gasteiger partial charge >= 0.3 is 36.1 Å². The maximum absolute atomic E-state index is 14.3. The molecule has 318 valence electrons. The summed E-state index contributed by atoms with van der Waals surface area (Å²) in [5, 5.41) is 14.5. The molecule has 1 aliphatic carbocycles.